The van der Waals surface area contributed by atoms with Crippen molar-refractivity contribution < 1.29 is 24.3 Å². The van der Waals surface area contributed by atoms with Crippen molar-refractivity contribution in [3.63, 3.8) is 0 Å². The molecule has 0 radical (unpaired) electrons. The van der Waals surface area contributed by atoms with Gasteiger partial charge in [0.1, 0.15) is 18.1 Å². The first-order valence-electron chi connectivity index (χ1n) is 12.8. The van der Waals surface area contributed by atoms with Crippen molar-refractivity contribution in [2.24, 2.45) is 44.6 Å². The summed E-state index contributed by atoms with van der Waals surface area (Å²) in [5, 5.41) is 17.4. The standard InChI is InChI=1S/C23H46N10O5S/c1-4-13(2)17(20(36)32-16(21(37)38)8-6-11-30-23(27)28)33-19(35)15(7-5-10-29-22(25)26)31-18(34)14(24)9-12-39-3/h13-17H,4-12,24H2,1-3H3,(H,31,34)(H,32,36)(H,33,35)(H,37,38)(H4,25,26,29)(H4,27,28,30). The van der Waals surface area contributed by atoms with Crippen LogP contribution in [0.5, 0.6) is 0 Å². The molecule has 14 N–H and O–H groups in total. The first-order valence-corrected chi connectivity index (χ1v) is 14.2. The minimum Gasteiger partial charge on any atom is -0.480 e. The Kier molecular flexibility index (Phi) is 18.1. The third-order valence-electron chi connectivity index (χ3n) is 5.90. The zero-order valence-electron chi connectivity index (χ0n) is 23.0. The number of nitrogens with two attached hydrogens (primary N) is 5. The van der Waals surface area contributed by atoms with Crippen LogP contribution < -0.4 is 44.6 Å². The lowest BCUT2D eigenvalue weighted by atomic mass is 9.96. The third-order valence-corrected chi connectivity index (χ3v) is 6.55. The lowest BCUT2D eigenvalue weighted by Gasteiger charge is -2.28. The van der Waals surface area contributed by atoms with Crippen molar-refractivity contribution in [1.29, 1.82) is 0 Å². The highest BCUT2D eigenvalue weighted by Gasteiger charge is 2.32. The van der Waals surface area contributed by atoms with E-state index in [0.29, 0.717) is 31.4 Å². The summed E-state index contributed by atoms with van der Waals surface area (Å²) in [5.74, 6) is -2.88. The van der Waals surface area contributed by atoms with Crippen molar-refractivity contribution in [2.45, 2.75) is 76.5 Å². The number of hydrogen-bond acceptors (Lipinski definition) is 8. The first kappa shape index (κ1) is 35.7. The highest BCUT2D eigenvalue weighted by Crippen LogP contribution is 2.11. The zero-order chi connectivity index (χ0) is 30.0. The Hall–Kier alpha value is -3.27. The minimum absolute atomic E-state index is 0.0798. The summed E-state index contributed by atoms with van der Waals surface area (Å²) in [4.78, 5) is 58.5. The van der Waals surface area contributed by atoms with E-state index in [0.717, 1.165) is 0 Å². The van der Waals surface area contributed by atoms with Gasteiger partial charge in [-0.3, -0.25) is 24.4 Å². The maximum atomic E-state index is 13.3. The fraction of sp³-hybridized carbons (Fsp3) is 0.739. The van der Waals surface area contributed by atoms with Crippen LogP contribution in [0.1, 0.15) is 52.4 Å². The number of carbonyl (C=O) groups excluding carboxylic acids is 3. The van der Waals surface area contributed by atoms with Crippen LogP contribution in [0.25, 0.3) is 0 Å². The number of nitrogens with zero attached hydrogens (tertiary/aromatic N) is 2. The topological polar surface area (TPSA) is 279 Å². The van der Waals surface area contributed by atoms with Crippen LogP contribution in [0.2, 0.25) is 0 Å². The number of nitrogens with one attached hydrogen (secondary N) is 3. The first-order chi connectivity index (χ1) is 18.3. The molecule has 224 valence electrons. The summed E-state index contributed by atoms with van der Waals surface area (Å²) in [5.41, 5.74) is 27.2. The Morgan fingerprint density at radius 2 is 1.33 bits per heavy atom. The molecule has 0 aliphatic heterocycles. The molecule has 16 heteroatoms. The summed E-state index contributed by atoms with van der Waals surface area (Å²) in [7, 11) is 0. The van der Waals surface area contributed by atoms with Gasteiger partial charge in [-0.25, -0.2) is 4.79 Å². The van der Waals surface area contributed by atoms with Gasteiger partial charge in [0.15, 0.2) is 11.9 Å². The molecular weight excluding hydrogens is 528 g/mol. The van der Waals surface area contributed by atoms with Crippen LogP contribution in [0.4, 0.5) is 0 Å². The number of thioether (sulfide) groups is 1. The second-order valence-electron chi connectivity index (χ2n) is 9.12. The SMILES string of the molecule is CCC(C)C(NC(=O)C(CCCN=C(N)N)NC(=O)C(N)CCSC)C(=O)NC(CCCN=C(N)N)C(=O)O. The van der Waals surface area contributed by atoms with E-state index in [4.69, 9.17) is 28.7 Å². The smallest absolute Gasteiger partial charge is 0.326 e. The molecule has 0 saturated heterocycles. The number of carboxylic acid groups (broad SMARTS) is 1. The highest BCUT2D eigenvalue weighted by atomic mass is 32.2. The zero-order valence-corrected chi connectivity index (χ0v) is 23.8. The Morgan fingerprint density at radius 1 is 0.821 bits per heavy atom. The van der Waals surface area contributed by atoms with E-state index in [1.165, 1.54) is 0 Å². The van der Waals surface area contributed by atoms with Crippen LogP contribution in [0.15, 0.2) is 9.98 Å². The lowest BCUT2D eigenvalue weighted by molar-refractivity contribution is -0.143. The lowest BCUT2D eigenvalue weighted by Crippen LogP contribution is -2.58. The quantitative estimate of drug-likeness (QED) is 0.0425. The van der Waals surface area contributed by atoms with Crippen molar-refractivity contribution in [3.8, 4) is 0 Å². The molecule has 0 aliphatic carbocycles. The van der Waals surface area contributed by atoms with Crippen molar-refractivity contribution in [3.05, 3.63) is 0 Å². The van der Waals surface area contributed by atoms with Crippen LogP contribution in [-0.2, 0) is 19.2 Å². The van der Waals surface area contributed by atoms with Gasteiger partial charge in [0, 0.05) is 13.1 Å². The molecular formula is C23H46N10O5S. The minimum atomic E-state index is -1.23. The Labute approximate surface area is 233 Å². The molecule has 0 aromatic heterocycles. The van der Waals surface area contributed by atoms with E-state index in [2.05, 4.69) is 25.9 Å². The number of rotatable bonds is 20. The van der Waals surface area contributed by atoms with Gasteiger partial charge >= 0.3 is 5.97 Å². The highest BCUT2D eigenvalue weighted by molar-refractivity contribution is 7.98. The van der Waals surface area contributed by atoms with Gasteiger partial charge in [-0.1, -0.05) is 20.3 Å². The average molecular weight is 575 g/mol. The molecule has 3 amide bonds. The van der Waals surface area contributed by atoms with E-state index in [1.54, 1.807) is 18.7 Å². The maximum Gasteiger partial charge on any atom is 0.326 e. The van der Waals surface area contributed by atoms with Gasteiger partial charge in [0.25, 0.3) is 0 Å². The van der Waals surface area contributed by atoms with Gasteiger partial charge in [-0.2, -0.15) is 11.8 Å². The number of carboxylic acids is 1. The van der Waals surface area contributed by atoms with Crippen LogP contribution in [0, 0.1) is 5.92 Å². The van der Waals surface area contributed by atoms with Crippen molar-refractivity contribution in [1.82, 2.24) is 16.0 Å². The maximum absolute atomic E-state index is 13.3. The summed E-state index contributed by atoms with van der Waals surface area (Å²) in [6.07, 6.45) is 3.78. The molecule has 0 fully saturated rings. The second kappa shape index (κ2) is 19.7. The molecule has 39 heavy (non-hydrogen) atoms. The van der Waals surface area contributed by atoms with Gasteiger partial charge in [-0.05, 0) is 50.0 Å². The number of guanidine groups is 2. The molecule has 0 spiro atoms. The summed E-state index contributed by atoms with van der Waals surface area (Å²) < 4.78 is 0. The molecule has 0 bridgehead atoms. The monoisotopic (exact) mass is 574 g/mol. The normalized spacial score (nSPS) is 14.6. The predicted molar refractivity (Wildman–Crippen MR) is 154 cm³/mol. The van der Waals surface area contributed by atoms with Gasteiger partial charge in [0.2, 0.25) is 17.7 Å². The van der Waals surface area contributed by atoms with E-state index >= 15 is 0 Å². The molecule has 0 aromatic rings. The molecule has 0 aliphatic rings. The van der Waals surface area contributed by atoms with E-state index in [-0.39, 0.29) is 43.8 Å². The van der Waals surface area contributed by atoms with Crippen molar-refractivity contribution >= 4 is 47.4 Å². The number of aliphatic carboxylic acids is 1. The fourth-order valence-electron chi connectivity index (χ4n) is 3.41. The number of aliphatic imine (C=N–C) groups is 2. The molecule has 0 rings (SSSR count). The third kappa shape index (κ3) is 15.7. The Bertz CT molecular complexity index is 849. The van der Waals surface area contributed by atoms with E-state index in [1.807, 2.05) is 13.2 Å². The fourth-order valence-corrected chi connectivity index (χ4v) is 3.89. The second-order valence-corrected chi connectivity index (χ2v) is 10.1. The van der Waals surface area contributed by atoms with Gasteiger partial charge in [-0.15, -0.1) is 0 Å². The van der Waals surface area contributed by atoms with Gasteiger partial charge < -0.3 is 49.7 Å². The Balaban J connectivity index is 5.60. The average Bonchev–Trinajstić information content (AvgIpc) is 2.87. The van der Waals surface area contributed by atoms with E-state index in [9.17, 15) is 24.3 Å². The molecule has 0 saturated carbocycles. The number of amides is 3. The number of hydrogen-bond donors (Lipinski definition) is 9. The number of carbonyl (C=O) groups is 4. The van der Waals surface area contributed by atoms with Crippen LogP contribution in [-0.4, -0.2) is 90.0 Å². The van der Waals surface area contributed by atoms with Gasteiger partial charge in [0.05, 0.1) is 6.04 Å². The van der Waals surface area contributed by atoms with Crippen molar-refractivity contribution in [2.75, 3.05) is 25.1 Å². The molecule has 5 unspecified atom stereocenters. The molecule has 0 heterocycles. The summed E-state index contributed by atoms with van der Waals surface area (Å²) in [6.45, 7) is 4.02. The van der Waals surface area contributed by atoms with Crippen LogP contribution >= 0.6 is 11.8 Å². The summed E-state index contributed by atoms with van der Waals surface area (Å²) >= 11 is 1.54. The molecule has 5 atom stereocenters. The molecule has 0 aromatic carbocycles. The predicted octanol–water partition coefficient (Wildman–Crippen LogP) is -2.24. The Morgan fingerprint density at radius 3 is 1.79 bits per heavy atom. The largest absolute Gasteiger partial charge is 0.480 e. The summed E-state index contributed by atoms with van der Waals surface area (Å²) in [6, 6.07) is -4.08. The van der Waals surface area contributed by atoms with E-state index < -0.39 is 47.9 Å². The molecule has 15 nitrogen and oxygen atoms in total. The van der Waals surface area contributed by atoms with Crippen LogP contribution in [0.3, 0.4) is 0 Å².